The highest BCUT2D eigenvalue weighted by atomic mass is 32.2. The Morgan fingerprint density at radius 3 is 2.38 bits per heavy atom. The molecule has 3 aromatic rings. The Hall–Kier alpha value is -3.30. The zero-order valence-electron chi connectivity index (χ0n) is 17.2. The first kappa shape index (κ1) is 23.4. The van der Waals surface area contributed by atoms with Crippen LogP contribution < -0.4 is 14.8 Å². The van der Waals surface area contributed by atoms with Crippen molar-refractivity contribution in [2.75, 3.05) is 0 Å². The van der Waals surface area contributed by atoms with Crippen LogP contribution in [0.3, 0.4) is 0 Å². The molecule has 6 nitrogen and oxygen atoms in total. The van der Waals surface area contributed by atoms with Crippen molar-refractivity contribution >= 4 is 15.9 Å². The second kappa shape index (κ2) is 10.3. The Balaban J connectivity index is 1.73. The number of ether oxygens (including phenoxy) is 1. The zero-order chi connectivity index (χ0) is 23.1. The summed E-state index contributed by atoms with van der Waals surface area (Å²) in [6.07, 6.45) is 0. The summed E-state index contributed by atoms with van der Waals surface area (Å²) in [5, 5.41) is 2.63. The monoisotopic (exact) mass is 460 g/mol. The van der Waals surface area contributed by atoms with Gasteiger partial charge in [-0.1, -0.05) is 54.6 Å². The molecule has 0 radical (unpaired) electrons. The summed E-state index contributed by atoms with van der Waals surface area (Å²) in [5.74, 6) is -0.574. The van der Waals surface area contributed by atoms with Gasteiger partial charge in [0, 0.05) is 24.2 Å². The van der Waals surface area contributed by atoms with Crippen LogP contribution in [0.25, 0.3) is 0 Å². The number of para-hydroxylation sites is 1. The van der Waals surface area contributed by atoms with Crippen LogP contribution in [-0.4, -0.2) is 20.9 Å². The van der Waals surface area contributed by atoms with Crippen molar-refractivity contribution in [2.24, 2.45) is 0 Å². The van der Waals surface area contributed by atoms with Crippen LogP contribution in [0.4, 0.5) is 8.78 Å². The fourth-order valence-electron chi connectivity index (χ4n) is 3.00. The van der Waals surface area contributed by atoms with Crippen LogP contribution in [0.15, 0.2) is 77.7 Å². The first-order valence-electron chi connectivity index (χ1n) is 9.71. The van der Waals surface area contributed by atoms with Gasteiger partial charge in [0.05, 0.1) is 4.90 Å². The molecule has 2 N–H and O–H groups in total. The van der Waals surface area contributed by atoms with Gasteiger partial charge in [0.15, 0.2) is 0 Å². The summed E-state index contributed by atoms with van der Waals surface area (Å²) in [7, 11) is -3.85. The molecule has 0 spiro atoms. The molecule has 0 aliphatic rings. The maximum atomic E-state index is 12.7. The van der Waals surface area contributed by atoms with E-state index >= 15 is 0 Å². The van der Waals surface area contributed by atoms with Crippen LogP contribution in [0, 0.1) is 6.92 Å². The number of benzene rings is 3. The molecular weight excluding hydrogens is 438 g/mol. The van der Waals surface area contributed by atoms with Crippen molar-refractivity contribution in [2.45, 2.75) is 31.5 Å². The molecular formula is C23H22F2N2O4S. The van der Waals surface area contributed by atoms with E-state index in [1.54, 1.807) is 43.3 Å². The van der Waals surface area contributed by atoms with Gasteiger partial charge in [-0.05, 0) is 36.2 Å². The Labute approximate surface area is 185 Å². The highest BCUT2D eigenvalue weighted by Gasteiger charge is 2.18. The first-order chi connectivity index (χ1) is 15.3. The molecule has 0 unspecified atom stereocenters. The molecule has 3 aromatic carbocycles. The number of alkyl halides is 2. The lowest BCUT2D eigenvalue weighted by atomic mass is 10.1. The van der Waals surface area contributed by atoms with Crippen LogP contribution >= 0.6 is 0 Å². The van der Waals surface area contributed by atoms with E-state index in [2.05, 4.69) is 14.8 Å². The van der Waals surface area contributed by atoms with Gasteiger partial charge in [0.2, 0.25) is 10.0 Å². The van der Waals surface area contributed by atoms with Gasteiger partial charge in [-0.3, -0.25) is 4.79 Å². The first-order valence-corrected chi connectivity index (χ1v) is 11.2. The average Bonchev–Trinajstić information content (AvgIpc) is 2.77. The summed E-state index contributed by atoms with van der Waals surface area (Å²) in [4.78, 5) is 12.7. The van der Waals surface area contributed by atoms with Crippen molar-refractivity contribution in [3.05, 3.63) is 95.1 Å². The Morgan fingerprint density at radius 2 is 1.66 bits per heavy atom. The third-order valence-corrected chi connectivity index (χ3v) is 6.10. The van der Waals surface area contributed by atoms with Crippen LogP contribution in [0.5, 0.6) is 5.75 Å². The number of carbonyl (C=O) groups excluding carboxylic acids is 1. The molecule has 1 amide bonds. The van der Waals surface area contributed by atoms with Gasteiger partial charge < -0.3 is 10.1 Å². The highest BCUT2D eigenvalue weighted by molar-refractivity contribution is 7.89. The van der Waals surface area contributed by atoms with E-state index in [1.165, 1.54) is 18.2 Å². The zero-order valence-corrected chi connectivity index (χ0v) is 18.0. The van der Waals surface area contributed by atoms with Gasteiger partial charge in [0.1, 0.15) is 5.75 Å². The predicted octanol–water partition coefficient (Wildman–Crippen LogP) is 4.00. The lowest BCUT2D eigenvalue weighted by Crippen LogP contribution is -2.26. The minimum Gasteiger partial charge on any atom is -0.434 e. The van der Waals surface area contributed by atoms with E-state index in [4.69, 9.17) is 0 Å². The van der Waals surface area contributed by atoms with Gasteiger partial charge in [0.25, 0.3) is 5.91 Å². The molecule has 0 saturated heterocycles. The highest BCUT2D eigenvalue weighted by Crippen LogP contribution is 2.21. The maximum Gasteiger partial charge on any atom is 0.387 e. The SMILES string of the molecule is Cc1ccc(S(=O)(=O)NCc2ccccc2)cc1C(=O)NCc1ccccc1OC(F)F. The summed E-state index contributed by atoms with van der Waals surface area (Å²) < 4.78 is 57.5. The van der Waals surface area contributed by atoms with E-state index in [-0.39, 0.29) is 29.3 Å². The number of hydrogen-bond acceptors (Lipinski definition) is 4. The number of carbonyl (C=O) groups is 1. The van der Waals surface area contributed by atoms with Crippen molar-refractivity contribution < 1.29 is 26.7 Å². The Morgan fingerprint density at radius 1 is 0.969 bits per heavy atom. The molecule has 0 heterocycles. The third kappa shape index (κ3) is 6.12. The topological polar surface area (TPSA) is 84.5 Å². The Bertz CT molecular complexity index is 1190. The second-order valence-corrected chi connectivity index (χ2v) is 8.72. The summed E-state index contributed by atoms with van der Waals surface area (Å²) in [6, 6.07) is 19.4. The van der Waals surface area contributed by atoms with Crippen LogP contribution in [0.1, 0.15) is 27.0 Å². The summed E-state index contributed by atoms with van der Waals surface area (Å²) in [6.45, 7) is -1.26. The molecule has 32 heavy (non-hydrogen) atoms. The van der Waals surface area contributed by atoms with Gasteiger partial charge in [-0.15, -0.1) is 0 Å². The van der Waals surface area contributed by atoms with E-state index in [9.17, 15) is 22.0 Å². The number of hydrogen-bond donors (Lipinski definition) is 2. The molecule has 0 aliphatic heterocycles. The number of amides is 1. The molecule has 9 heteroatoms. The van der Waals surface area contributed by atoms with Crippen molar-refractivity contribution in [3.8, 4) is 5.75 Å². The molecule has 0 aromatic heterocycles. The van der Waals surface area contributed by atoms with E-state index in [1.807, 2.05) is 18.2 Å². The molecule has 168 valence electrons. The quantitative estimate of drug-likeness (QED) is 0.506. The number of halogens is 2. The minimum absolute atomic E-state index is 0.0408. The molecule has 3 rings (SSSR count). The number of nitrogens with one attached hydrogen (secondary N) is 2. The molecule has 0 saturated carbocycles. The number of aryl methyl sites for hydroxylation is 1. The van der Waals surface area contributed by atoms with Gasteiger partial charge >= 0.3 is 6.61 Å². The predicted molar refractivity (Wildman–Crippen MR) is 116 cm³/mol. The van der Waals surface area contributed by atoms with E-state index in [0.717, 1.165) is 5.56 Å². The molecule has 0 fully saturated rings. The Kier molecular flexibility index (Phi) is 7.55. The number of rotatable bonds is 9. The largest absolute Gasteiger partial charge is 0.434 e. The lowest BCUT2D eigenvalue weighted by Gasteiger charge is -2.13. The van der Waals surface area contributed by atoms with Crippen molar-refractivity contribution in [3.63, 3.8) is 0 Å². The fourth-order valence-corrected chi connectivity index (χ4v) is 4.05. The summed E-state index contributed by atoms with van der Waals surface area (Å²) in [5.41, 5.74) is 1.90. The number of sulfonamides is 1. The smallest absolute Gasteiger partial charge is 0.387 e. The standard InChI is InChI=1S/C23H22F2N2O4S/c1-16-11-12-19(32(29,30)27-14-17-7-3-2-4-8-17)13-20(16)22(28)26-15-18-9-5-6-10-21(18)31-23(24)25/h2-13,23,27H,14-15H2,1H3,(H,26,28). The molecule has 0 atom stereocenters. The van der Waals surface area contributed by atoms with E-state index in [0.29, 0.717) is 11.1 Å². The van der Waals surface area contributed by atoms with Crippen LogP contribution in [-0.2, 0) is 23.1 Å². The fraction of sp³-hybridized carbons (Fsp3) is 0.174. The van der Waals surface area contributed by atoms with Crippen molar-refractivity contribution in [1.29, 1.82) is 0 Å². The summed E-state index contributed by atoms with van der Waals surface area (Å²) >= 11 is 0. The van der Waals surface area contributed by atoms with E-state index < -0.39 is 22.5 Å². The third-order valence-electron chi connectivity index (χ3n) is 4.70. The lowest BCUT2D eigenvalue weighted by molar-refractivity contribution is -0.0504. The molecule has 0 bridgehead atoms. The van der Waals surface area contributed by atoms with Gasteiger partial charge in [-0.2, -0.15) is 8.78 Å². The van der Waals surface area contributed by atoms with Gasteiger partial charge in [-0.25, -0.2) is 13.1 Å². The van der Waals surface area contributed by atoms with Crippen LogP contribution in [0.2, 0.25) is 0 Å². The molecule has 0 aliphatic carbocycles. The second-order valence-electron chi connectivity index (χ2n) is 6.96. The normalized spacial score (nSPS) is 11.4. The van der Waals surface area contributed by atoms with Crippen molar-refractivity contribution in [1.82, 2.24) is 10.0 Å². The maximum absolute atomic E-state index is 12.7. The average molecular weight is 461 g/mol. The minimum atomic E-state index is -3.85.